The summed E-state index contributed by atoms with van der Waals surface area (Å²) < 4.78 is 5.65. The zero-order valence-corrected chi connectivity index (χ0v) is 9.17. The molecule has 68 valence electrons. The molecule has 0 aliphatic rings. The number of methoxy groups -OCH3 is 1. The largest absolute Gasteiger partial charge is 0.469 e. The van der Waals surface area contributed by atoms with Gasteiger partial charge in [-0.15, -0.1) is 0 Å². The minimum absolute atomic E-state index is 0.196. The number of benzene rings is 1. The van der Waals surface area contributed by atoms with Crippen LogP contribution in [-0.2, 0) is 9.53 Å². The zero-order chi connectivity index (χ0) is 9.84. The van der Waals surface area contributed by atoms with Crippen molar-refractivity contribution in [2.45, 2.75) is 5.82 Å². The zero-order valence-electron chi connectivity index (χ0n) is 7.58. The monoisotopic (exact) mass is 240 g/mol. The van der Waals surface area contributed by atoms with Gasteiger partial charge in [-0.3, -0.25) is 4.79 Å². The van der Waals surface area contributed by atoms with Crippen molar-refractivity contribution in [1.82, 2.24) is 0 Å². The van der Waals surface area contributed by atoms with Crippen molar-refractivity contribution in [2.24, 2.45) is 0 Å². The van der Waals surface area contributed by atoms with E-state index in [-0.39, 0.29) is 11.8 Å². The Balaban J connectivity index is 2.83. The van der Waals surface area contributed by atoms with Crippen LogP contribution in [0.1, 0.15) is 11.4 Å². The lowest BCUT2D eigenvalue weighted by atomic mass is 9.81. The molecule has 0 fully saturated rings. The molecule has 13 heavy (non-hydrogen) atoms. The van der Waals surface area contributed by atoms with Crippen molar-refractivity contribution in [3.63, 3.8) is 0 Å². The van der Waals surface area contributed by atoms with Gasteiger partial charge in [0.05, 0.1) is 12.9 Å². The molecule has 1 unspecified atom stereocenters. The first kappa shape index (κ1) is 10.3. The third-order valence-corrected chi connectivity index (χ3v) is 2.45. The fourth-order valence-electron chi connectivity index (χ4n) is 1.06. The molecule has 0 radical (unpaired) electrons. The Morgan fingerprint density at radius 3 is 2.46 bits per heavy atom. The van der Waals surface area contributed by atoms with Crippen LogP contribution in [0.25, 0.3) is 0 Å². The summed E-state index contributed by atoms with van der Waals surface area (Å²) in [6, 6.07) is 7.64. The van der Waals surface area contributed by atoms with Gasteiger partial charge in [0.2, 0.25) is 0 Å². The van der Waals surface area contributed by atoms with Crippen LogP contribution in [0.2, 0.25) is 0 Å². The Labute approximate surface area is 86.8 Å². The van der Waals surface area contributed by atoms with E-state index in [1.54, 1.807) is 0 Å². The lowest BCUT2D eigenvalue weighted by molar-refractivity contribution is -0.140. The Bertz CT molecular complexity index is 297. The second-order valence-electron chi connectivity index (χ2n) is 2.80. The number of carbonyl (C=O) groups excluding carboxylic acids is 1. The molecule has 1 atom stereocenters. The van der Waals surface area contributed by atoms with Crippen molar-refractivity contribution in [1.29, 1.82) is 0 Å². The van der Waals surface area contributed by atoms with Crippen molar-refractivity contribution in [3.05, 3.63) is 34.3 Å². The molecule has 1 aromatic carbocycles. The second-order valence-corrected chi connectivity index (χ2v) is 3.71. The molecule has 0 N–H and O–H groups in total. The Morgan fingerprint density at radius 2 is 2.00 bits per heavy atom. The van der Waals surface area contributed by atoms with Crippen LogP contribution < -0.4 is 0 Å². The van der Waals surface area contributed by atoms with Crippen molar-refractivity contribution in [3.8, 4) is 0 Å². The predicted octanol–water partition coefficient (Wildman–Crippen LogP) is 1.30. The van der Waals surface area contributed by atoms with Crippen molar-refractivity contribution < 1.29 is 9.53 Å². The Kier molecular flexibility index (Phi) is 3.54. The maximum Gasteiger partial charge on any atom is 0.304 e. The van der Waals surface area contributed by atoms with Gasteiger partial charge in [0.15, 0.2) is 0 Å². The van der Waals surface area contributed by atoms with Gasteiger partial charge >= 0.3 is 5.97 Å². The highest BCUT2D eigenvalue weighted by atomic mass is 79.9. The van der Waals surface area contributed by atoms with Gasteiger partial charge in [0.25, 0.3) is 0 Å². The quantitative estimate of drug-likeness (QED) is 0.576. The highest BCUT2D eigenvalue weighted by Crippen LogP contribution is 2.17. The van der Waals surface area contributed by atoms with Crippen LogP contribution in [0.4, 0.5) is 0 Å². The Morgan fingerprint density at radius 1 is 1.46 bits per heavy atom. The molecule has 0 aliphatic heterocycles. The standard InChI is InChI=1S/C9H10BBrO2/c1-13-9(12)8(10)6-2-4-7(11)5-3-6/h2-5,8H,10H2,1H3. The van der Waals surface area contributed by atoms with Gasteiger partial charge in [0, 0.05) is 4.47 Å². The summed E-state index contributed by atoms with van der Waals surface area (Å²) in [6.45, 7) is 0. The van der Waals surface area contributed by atoms with E-state index in [0.717, 1.165) is 10.0 Å². The predicted molar refractivity (Wildman–Crippen MR) is 57.4 cm³/mol. The third-order valence-electron chi connectivity index (χ3n) is 1.92. The number of halogens is 1. The van der Waals surface area contributed by atoms with Gasteiger partial charge in [-0.2, -0.15) is 0 Å². The average Bonchev–Trinajstić information content (AvgIpc) is 2.17. The van der Waals surface area contributed by atoms with Crippen LogP contribution in [0, 0.1) is 0 Å². The highest BCUT2D eigenvalue weighted by molar-refractivity contribution is 9.10. The normalized spacial score (nSPS) is 12.2. The van der Waals surface area contributed by atoms with Crippen LogP contribution in [0.3, 0.4) is 0 Å². The number of rotatable bonds is 2. The van der Waals surface area contributed by atoms with Gasteiger partial charge in [-0.25, -0.2) is 0 Å². The smallest absolute Gasteiger partial charge is 0.304 e. The van der Waals surface area contributed by atoms with E-state index < -0.39 is 0 Å². The molecule has 0 amide bonds. The fourth-order valence-corrected chi connectivity index (χ4v) is 1.33. The number of esters is 1. The molecule has 1 aromatic rings. The molecular formula is C9H10BBrO2. The summed E-state index contributed by atoms with van der Waals surface area (Å²) in [5.41, 5.74) is 0.968. The first-order chi connectivity index (χ1) is 6.15. The third kappa shape index (κ3) is 2.59. The maximum absolute atomic E-state index is 11.2. The molecule has 0 heterocycles. The van der Waals surface area contributed by atoms with Crippen LogP contribution in [0.15, 0.2) is 28.7 Å². The highest BCUT2D eigenvalue weighted by Gasteiger charge is 2.14. The topological polar surface area (TPSA) is 26.3 Å². The molecule has 0 saturated carbocycles. The van der Waals surface area contributed by atoms with Crippen LogP contribution >= 0.6 is 15.9 Å². The van der Waals surface area contributed by atoms with Crippen molar-refractivity contribution in [2.75, 3.05) is 7.11 Å². The maximum atomic E-state index is 11.2. The van der Waals surface area contributed by atoms with Gasteiger partial charge in [-0.05, 0) is 17.7 Å². The van der Waals surface area contributed by atoms with E-state index in [4.69, 9.17) is 0 Å². The average molecular weight is 241 g/mol. The molecule has 0 aliphatic carbocycles. The molecule has 0 aromatic heterocycles. The summed E-state index contributed by atoms with van der Waals surface area (Å²) in [6.07, 6.45) is 0. The lowest BCUT2D eigenvalue weighted by Crippen LogP contribution is -2.13. The number of carbonyl (C=O) groups is 1. The van der Waals surface area contributed by atoms with Crippen molar-refractivity contribution >= 4 is 29.7 Å². The van der Waals surface area contributed by atoms with E-state index >= 15 is 0 Å². The minimum Gasteiger partial charge on any atom is -0.469 e. The number of hydrogen-bond acceptors (Lipinski definition) is 2. The van der Waals surface area contributed by atoms with Crippen LogP contribution in [-0.4, -0.2) is 20.9 Å². The Hall–Kier alpha value is -0.765. The first-order valence-electron chi connectivity index (χ1n) is 3.98. The first-order valence-corrected chi connectivity index (χ1v) is 4.77. The molecule has 2 nitrogen and oxygen atoms in total. The second kappa shape index (κ2) is 4.47. The summed E-state index contributed by atoms with van der Waals surface area (Å²) in [7, 11) is 3.23. The molecule has 0 spiro atoms. The summed E-state index contributed by atoms with van der Waals surface area (Å²) in [4.78, 5) is 11.2. The number of ether oxygens (including phenoxy) is 1. The number of hydrogen-bond donors (Lipinski definition) is 0. The SMILES string of the molecule is BC(C(=O)OC)c1ccc(Br)cc1. The fraction of sp³-hybridized carbons (Fsp3) is 0.222. The minimum atomic E-state index is -0.206. The van der Waals surface area contributed by atoms with E-state index in [1.165, 1.54) is 7.11 Å². The molecule has 1 rings (SSSR count). The van der Waals surface area contributed by atoms with E-state index in [1.807, 2.05) is 32.1 Å². The van der Waals surface area contributed by atoms with Gasteiger partial charge in [-0.1, -0.05) is 28.1 Å². The van der Waals surface area contributed by atoms with E-state index in [0.29, 0.717) is 0 Å². The van der Waals surface area contributed by atoms with Crippen LogP contribution in [0.5, 0.6) is 0 Å². The van der Waals surface area contributed by atoms with E-state index in [2.05, 4.69) is 20.7 Å². The van der Waals surface area contributed by atoms with E-state index in [9.17, 15) is 4.79 Å². The lowest BCUT2D eigenvalue weighted by Gasteiger charge is -2.08. The summed E-state index contributed by atoms with van der Waals surface area (Å²) in [5, 5.41) is 0. The molecule has 0 bridgehead atoms. The van der Waals surface area contributed by atoms with Gasteiger partial charge in [0.1, 0.15) is 7.85 Å². The van der Waals surface area contributed by atoms with Gasteiger partial charge < -0.3 is 4.74 Å². The summed E-state index contributed by atoms with van der Waals surface area (Å²) >= 11 is 3.33. The molecule has 4 heteroatoms. The summed E-state index contributed by atoms with van der Waals surface area (Å²) in [5.74, 6) is -0.402. The molecular weight excluding hydrogens is 231 g/mol. The molecule has 0 saturated heterocycles.